The molecule has 13 nitrogen and oxygen atoms in total. The number of ether oxygens (including phenoxy) is 3. The van der Waals surface area contributed by atoms with Crippen LogP contribution in [0.2, 0.25) is 5.02 Å². The van der Waals surface area contributed by atoms with Gasteiger partial charge in [-0.1, -0.05) is 35.9 Å². The Balaban J connectivity index is 1.27. The van der Waals surface area contributed by atoms with Gasteiger partial charge in [0.1, 0.15) is 5.75 Å². The Morgan fingerprint density at radius 1 is 1.14 bits per heavy atom. The maximum atomic E-state index is 14.0. The van der Waals surface area contributed by atoms with E-state index in [1.54, 1.807) is 32.4 Å². The molecule has 2 N–H and O–H groups in total. The van der Waals surface area contributed by atoms with Crippen LogP contribution in [-0.2, 0) is 46.7 Å². The predicted molar refractivity (Wildman–Crippen MR) is 214 cm³/mol. The van der Waals surface area contributed by atoms with Crippen LogP contribution in [-0.4, -0.2) is 132 Å². The number of fused-ring (bicyclic) bond motifs is 4. The minimum atomic E-state index is -4.30. The van der Waals surface area contributed by atoms with Gasteiger partial charge in [-0.25, -0.2) is 4.72 Å². The molecule has 7 rings (SSSR count). The van der Waals surface area contributed by atoms with E-state index in [4.69, 9.17) is 25.8 Å². The molecule has 0 radical (unpaired) electrons. The number of carbonyl (C=O) groups is 2. The normalized spacial score (nSPS) is 29.4. The molecule has 3 aliphatic heterocycles. The highest BCUT2D eigenvalue weighted by atomic mass is 35.5. The number of aliphatic hydroxyl groups is 1. The monoisotopic (exact) mass is 813 g/mol. The molecule has 5 atom stereocenters. The Morgan fingerprint density at radius 3 is 2.68 bits per heavy atom. The summed E-state index contributed by atoms with van der Waals surface area (Å²) in [5.41, 5.74) is 0.323. The van der Waals surface area contributed by atoms with E-state index < -0.39 is 34.0 Å². The second kappa shape index (κ2) is 16.6. The lowest BCUT2D eigenvalue weighted by molar-refractivity contribution is -0.148. The number of hydrogen-bond donors (Lipinski definition) is 2. The average molecular weight is 814 g/mol. The van der Waals surface area contributed by atoms with Crippen LogP contribution in [0.5, 0.6) is 5.75 Å². The van der Waals surface area contributed by atoms with E-state index in [0.29, 0.717) is 55.7 Å². The zero-order valence-corrected chi connectivity index (χ0v) is 34.5. The number of likely N-dealkylation sites (tertiary alicyclic amines) is 1. The SMILES string of the molecule is COC1CN(CCO[C@H]2/C=C/CCN(C)C(=O)C[C@](O)(C(=O)NS(=O)(=O)N(C)C)c3ccc4c(c3)N(C[C@@H]3CC[C@H]32)C[C@@]2(CCCc3cc(Cl)ccc32)CO4)C1. The number of rotatable bonds is 8. The van der Waals surface area contributed by atoms with Gasteiger partial charge in [-0.2, -0.15) is 12.7 Å². The van der Waals surface area contributed by atoms with Gasteiger partial charge in [-0.3, -0.25) is 14.5 Å². The molecule has 2 amide bonds. The number of hydrogen-bond acceptors (Lipinski definition) is 10. The average Bonchev–Trinajstić information content (AvgIpc) is 3.28. The molecule has 0 unspecified atom stereocenters. The van der Waals surface area contributed by atoms with Crippen LogP contribution in [0.15, 0.2) is 48.6 Å². The van der Waals surface area contributed by atoms with Crippen molar-refractivity contribution in [3.05, 3.63) is 70.3 Å². The van der Waals surface area contributed by atoms with Crippen molar-refractivity contribution in [1.82, 2.24) is 18.8 Å². The Bertz CT molecular complexity index is 1920. The third-order valence-corrected chi connectivity index (χ3v) is 14.4. The highest BCUT2D eigenvalue weighted by Gasteiger charge is 2.47. The van der Waals surface area contributed by atoms with E-state index >= 15 is 0 Å². The first-order valence-electron chi connectivity index (χ1n) is 19.8. The lowest BCUT2D eigenvalue weighted by Crippen LogP contribution is -2.53. The van der Waals surface area contributed by atoms with Crippen molar-refractivity contribution < 1.29 is 37.3 Å². The van der Waals surface area contributed by atoms with E-state index in [-0.39, 0.29) is 35.0 Å². The van der Waals surface area contributed by atoms with Gasteiger partial charge in [-0.05, 0) is 91.3 Å². The van der Waals surface area contributed by atoms with Gasteiger partial charge >= 0.3 is 10.2 Å². The molecule has 2 aliphatic carbocycles. The molecule has 5 aliphatic rings. The molecule has 2 aromatic carbocycles. The summed E-state index contributed by atoms with van der Waals surface area (Å²) in [6, 6.07) is 11.1. The summed E-state index contributed by atoms with van der Waals surface area (Å²) in [5, 5.41) is 13.0. The van der Waals surface area contributed by atoms with Crippen molar-refractivity contribution in [2.45, 2.75) is 68.2 Å². The Kier molecular flexibility index (Phi) is 12.1. The van der Waals surface area contributed by atoms with Crippen LogP contribution in [0, 0.1) is 11.8 Å². The van der Waals surface area contributed by atoms with Crippen LogP contribution in [0.1, 0.15) is 55.2 Å². The van der Waals surface area contributed by atoms with E-state index in [0.717, 1.165) is 56.0 Å². The van der Waals surface area contributed by atoms with Crippen LogP contribution in [0.4, 0.5) is 5.69 Å². The second-order valence-electron chi connectivity index (χ2n) is 16.5. The molecular weight excluding hydrogens is 758 g/mol. The summed E-state index contributed by atoms with van der Waals surface area (Å²) in [6.07, 6.45) is 9.06. The Morgan fingerprint density at radius 2 is 1.95 bits per heavy atom. The maximum Gasteiger partial charge on any atom is 0.303 e. The Hall–Kier alpha value is -3.24. The highest BCUT2D eigenvalue weighted by Crippen LogP contribution is 2.48. The zero-order valence-electron chi connectivity index (χ0n) is 32.9. The summed E-state index contributed by atoms with van der Waals surface area (Å²) in [7, 11) is 1.63. The molecule has 1 spiro atoms. The van der Waals surface area contributed by atoms with E-state index in [2.05, 4.69) is 34.1 Å². The van der Waals surface area contributed by atoms with Crippen molar-refractivity contribution in [3.8, 4) is 5.75 Å². The summed E-state index contributed by atoms with van der Waals surface area (Å²) < 4.78 is 47.5. The number of aryl methyl sites for hydroxylation is 1. The molecule has 2 aromatic rings. The van der Waals surface area contributed by atoms with Crippen LogP contribution < -0.4 is 14.4 Å². The zero-order chi connectivity index (χ0) is 39.8. The topological polar surface area (TPSA) is 141 Å². The molecule has 1 saturated heterocycles. The quantitative estimate of drug-likeness (QED) is 0.381. The van der Waals surface area contributed by atoms with Gasteiger partial charge in [-0.15, -0.1) is 0 Å². The first-order valence-corrected chi connectivity index (χ1v) is 21.6. The van der Waals surface area contributed by atoms with E-state index in [9.17, 15) is 23.1 Å². The van der Waals surface area contributed by atoms with Gasteiger partial charge in [0.05, 0.1) is 37.5 Å². The van der Waals surface area contributed by atoms with Gasteiger partial charge in [0.15, 0.2) is 5.60 Å². The first kappa shape index (κ1) is 40.9. The van der Waals surface area contributed by atoms with Gasteiger partial charge in [0.2, 0.25) is 5.91 Å². The van der Waals surface area contributed by atoms with E-state index in [1.165, 1.54) is 30.1 Å². The number of amides is 2. The molecule has 2 fully saturated rings. The van der Waals surface area contributed by atoms with Crippen LogP contribution in [0.25, 0.3) is 0 Å². The molecule has 56 heavy (non-hydrogen) atoms. The van der Waals surface area contributed by atoms with Crippen molar-refractivity contribution >= 4 is 39.3 Å². The van der Waals surface area contributed by atoms with Crippen molar-refractivity contribution in [2.24, 2.45) is 11.8 Å². The number of benzene rings is 2. The molecule has 15 heteroatoms. The van der Waals surface area contributed by atoms with Crippen molar-refractivity contribution in [1.29, 1.82) is 0 Å². The number of methoxy groups -OCH3 is 1. The third kappa shape index (κ3) is 8.34. The van der Waals surface area contributed by atoms with Crippen LogP contribution >= 0.6 is 11.6 Å². The molecule has 3 heterocycles. The first-order chi connectivity index (χ1) is 26.7. The van der Waals surface area contributed by atoms with Crippen LogP contribution in [0.3, 0.4) is 0 Å². The number of anilines is 1. The van der Waals surface area contributed by atoms with Crippen molar-refractivity contribution in [2.75, 3.05) is 85.6 Å². The second-order valence-corrected chi connectivity index (χ2v) is 18.8. The molecule has 1 saturated carbocycles. The van der Waals surface area contributed by atoms with Gasteiger partial charge in [0, 0.05) is 78.0 Å². The summed E-state index contributed by atoms with van der Waals surface area (Å²) >= 11 is 6.49. The predicted octanol–water partition coefficient (Wildman–Crippen LogP) is 3.47. The Labute approximate surface area is 336 Å². The molecule has 306 valence electrons. The summed E-state index contributed by atoms with van der Waals surface area (Å²) in [5.74, 6) is -0.603. The summed E-state index contributed by atoms with van der Waals surface area (Å²) in [6.45, 7) is 5.28. The molecule has 2 bridgehead atoms. The lowest BCUT2D eigenvalue weighted by atomic mass is 9.68. The third-order valence-electron chi connectivity index (χ3n) is 12.7. The number of carbonyl (C=O) groups excluding carboxylic acids is 2. The number of halogens is 1. The summed E-state index contributed by atoms with van der Waals surface area (Å²) in [4.78, 5) is 33.9. The van der Waals surface area contributed by atoms with E-state index in [1.807, 2.05) is 10.8 Å². The minimum absolute atomic E-state index is 0.102. The fourth-order valence-electron chi connectivity index (χ4n) is 8.99. The number of nitrogens with zero attached hydrogens (tertiary/aromatic N) is 4. The van der Waals surface area contributed by atoms with Gasteiger partial charge < -0.3 is 29.1 Å². The molecular formula is C41H56ClN5O8S. The maximum absolute atomic E-state index is 14.0. The van der Waals surface area contributed by atoms with Crippen molar-refractivity contribution in [3.63, 3.8) is 0 Å². The van der Waals surface area contributed by atoms with Gasteiger partial charge in [0.25, 0.3) is 5.91 Å². The standard InChI is InChI=1S/C41H56ClN5O8S/c1-44(2)56(51,52)43-39(49)41(50)22-38(48)45(3)17-6-5-9-36(54-19-18-46-24-32(25-46)53-4)33-13-10-29(33)23-47-26-40(27-55-37-15-11-30(41)21-35(37)47)16-7-8-28-20-31(42)12-14-34(28)40/h5,9,11-12,14-15,20-21,29,32-33,36,50H,6-8,10,13,16-19,22-27H2,1-4H3,(H,43,49)/b9-5+/t29-,33+,36-,40-,41+/m0/s1. The minimum Gasteiger partial charge on any atom is -0.490 e. The fraction of sp³-hybridized carbons (Fsp3) is 0.610. The largest absolute Gasteiger partial charge is 0.490 e. The lowest BCUT2D eigenvalue weighted by Gasteiger charge is -2.46. The highest BCUT2D eigenvalue weighted by molar-refractivity contribution is 7.87. The fourth-order valence-corrected chi connectivity index (χ4v) is 9.77. The smallest absolute Gasteiger partial charge is 0.303 e. The molecule has 0 aromatic heterocycles. The number of nitrogens with one attached hydrogen (secondary N) is 1.